The molecule has 4 atom stereocenters. The Kier molecular flexibility index (Phi) is 4.44. The minimum atomic E-state index is -0.553. The molecular weight excluding hydrogens is 356 g/mol. The van der Waals surface area contributed by atoms with Gasteiger partial charge in [-0.15, -0.1) is 0 Å². The number of carbonyl (C=O) groups is 3. The van der Waals surface area contributed by atoms with Crippen LogP contribution in [-0.2, 0) is 22.7 Å². The van der Waals surface area contributed by atoms with Gasteiger partial charge in [-0.3, -0.25) is 19.7 Å². The monoisotopic (exact) mass is 382 g/mol. The summed E-state index contributed by atoms with van der Waals surface area (Å²) >= 11 is 0. The Balaban J connectivity index is 1.26. The predicted molar refractivity (Wildman–Crippen MR) is 102 cm³/mol. The number of fused-ring (bicyclic) bond motifs is 2. The Labute approximate surface area is 164 Å². The second-order valence-electron chi connectivity index (χ2n) is 8.49. The first-order valence-electron chi connectivity index (χ1n) is 10.3. The lowest BCUT2D eigenvalue weighted by Gasteiger charge is -2.29. The van der Waals surface area contributed by atoms with Gasteiger partial charge in [-0.25, -0.2) is 0 Å². The number of rotatable bonds is 4. The number of hydrogen-bond donors (Lipinski definition) is 3. The number of benzene rings is 1. The highest BCUT2D eigenvalue weighted by Crippen LogP contribution is 2.33. The summed E-state index contributed by atoms with van der Waals surface area (Å²) in [6, 6.07) is 6.65. The quantitative estimate of drug-likeness (QED) is 0.666. The smallest absolute Gasteiger partial charge is 0.255 e. The van der Waals surface area contributed by atoms with Crippen LogP contribution >= 0.6 is 0 Å². The molecule has 5 rings (SSSR count). The summed E-state index contributed by atoms with van der Waals surface area (Å²) in [4.78, 5) is 38.1. The van der Waals surface area contributed by atoms with Crippen molar-refractivity contribution < 1.29 is 14.4 Å². The molecule has 2 saturated heterocycles. The Morgan fingerprint density at radius 3 is 2.89 bits per heavy atom. The molecular formula is C21H26N4O3. The zero-order valence-corrected chi connectivity index (χ0v) is 15.9. The van der Waals surface area contributed by atoms with Crippen molar-refractivity contribution in [2.75, 3.05) is 6.54 Å². The maximum atomic E-state index is 12.9. The lowest BCUT2D eigenvalue weighted by atomic mass is 9.99. The van der Waals surface area contributed by atoms with Crippen LogP contribution in [-0.4, -0.2) is 47.3 Å². The SMILES string of the molecule is O=C1CCC(N2Cc3ccc(CNC4CNC5CCCC54)cc3C2=O)C(=O)N1. The van der Waals surface area contributed by atoms with E-state index in [0.717, 1.165) is 30.1 Å². The van der Waals surface area contributed by atoms with Crippen LogP contribution in [0.2, 0.25) is 0 Å². The molecule has 1 aliphatic carbocycles. The summed E-state index contributed by atoms with van der Waals surface area (Å²) in [5, 5.41) is 9.64. The number of hydrogen-bond acceptors (Lipinski definition) is 5. The number of nitrogens with one attached hydrogen (secondary N) is 3. The van der Waals surface area contributed by atoms with Gasteiger partial charge in [-0.2, -0.15) is 0 Å². The van der Waals surface area contributed by atoms with Crippen LogP contribution in [0.1, 0.15) is 53.6 Å². The van der Waals surface area contributed by atoms with E-state index < -0.39 is 6.04 Å². The van der Waals surface area contributed by atoms with E-state index in [-0.39, 0.29) is 24.1 Å². The van der Waals surface area contributed by atoms with Crippen LogP contribution in [0.3, 0.4) is 0 Å². The van der Waals surface area contributed by atoms with Crippen molar-refractivity contribution in [2.24, 2.45) is 5.92 Å². The normalized spacial score (nSPS) is 31.9. The van der Waals surface area contributed by atoms with Crippen LogP contribution < -0.4 is 16.0 Å². The standard InChI is InChI=1S/C21H26N4O3/c26-19-7-6-18(20(27)24-19)25-11-13-5-4-12(8-15(13)21(25)28)9-22-17-10-23-16-3-1-2-14(16)17/h4-5,8,14,16-18,22-23H,1-3,6-7,9-11H2,(H,24,26,27). The van der Waals surface area contributed by atoms with E-state index >= 15 is 0 Å². The summed E-state index contributed by atoms with van der Waals surface area (Å²) in [5.41, 5.74) is 2.74. The third-order valence-corrected chi connectivity index (χ3v) is 6.85. The van der Waals surface area contributed by atoms with E-state index in [1.54, 1.807) is 4.90 Å². The minimum absolute atomic E-state index is 0.107. The molecule has 0 radical (unpaired) electrons. The lowest BCUT2D eigenvalue weighted by molar-refractivity contribution is -0.136. The summed E-state index contributed by atoms with van der Waals surface area (Å²) in [7, 11) is 0. The number of piperidine rings is 1. The van der Waals surface area contributed by atoms with Crippen LogP contribution in [0.4, 0.5) is 0 Å². The van der Waals surface area contributed by atoms with Crippen molar-refractivity contribution in [2.45, 2.75) is 63.3 Å². The second kappa shape index (κ2) is 6.97. The van der Waals surface area contributed by atoms with Crippen LogP contribution in [0.15, 0.2) is 18.2 Å². The van der Waals surface area contributed by atoms with Gasteiger partial charge in [0.25, 0.3) is 5.91 Å². The zero-order valence-electron chi connectivity index (χ0n) is 15.9. The Bertz CT molecular complexity index is 839. The number of nitrogens with zero attached hydrogens (tertiary/aromatic N) is 1. The Morgan fingerprint density at radius 1 is 1.14 bits per heavy atom. The van der Waals surface area contributed by atoms with Crippen molar-refractivity contribution in [3.8, 4) is 0 Å². The van der Waals surface area contributed by atoms with E-state index in [2.05, 4.69) is 22.0 Å². The van der Waals surface area contributed by atoms with E-state index in [0.29, 0.717) is 30.6 Å². The van der Waals surface area contributed by atoms with Gasteiger partial charge < -0.3 is 15.5 Å². The molecule has 148 valence electrons. The molecule has 3 N–H and O–H groups in total. The number of carbonyl (C=O) groups excluding carboxylic acids is 3. The van der Waals surface area contributed by atoms with Crippen molar-refractivity contribution in [3.63, 3.8) is 0 Å². The number of amides is 3. The molecule has 7 heteroatoms. The van der Waals surface area contributed by atoms with Crippen LogP contribution in [0.25, 0.3) is 0 Å². The van der Waals surface area contributed by atoms with E-state index in [9.17, 15) is 14.4 Å². The molecule has 3 aliphatic heterocycles. The summed E-state index contributed by atoms with van der Waals surface area (Å²) in [6.07, 6.45) is 4.56. The first-order valence-corrected chi connectivity index (χ1v) is 10.3. The molecule has 3 fully saturated rings. The van der Waals surface area contributed by atoms with Gasteiger partial charge in [-0.05, 0) is 42.4 Å². The summed E-state index contributed by atoms with van der Waals surface area (Å²) < 4.78 is 0. The summed E-state index contributed by atoms with van der Waals surface area (Å²) in [6.45, 7) is 2.20. The molecule has 28 heavy (non-hydrogen) atoms. The molecule has 7 nitrogen and oxygen atoms in total. The Morgan fingerprint density at radius 2 is 2.04 bits per heavy atom. The van der Waals surface area contributed by atoms with Crippen molar-refractivity contribution in [1.82, 2.24) is 20.9 Å². The van der Waals surface area contributed by atoms with E-state index in [1.807, 2.05) is 12.1 Å². The topological polar surface area (TPSA) is 90.5 Å². The molecule has 3 heterocycles. The summed E-state index contributed by atoms with van der Waals surface area (Å²) in [5.74, 6) is -0.00682. The van der Waals surface area contributed by atoms with Gasteiger partial charge in [0.2, 0.25) is 11.8 Å². The molecule has 0 aromatic heterocycles. The van der Waals surface area contributed by atoms with E-state index in [1.165, 1.54) is 19.3 Å². The van der Waals surface area contributed by atoms with Crippen molar-refractivity contribution >= 4 is 17.7 Å². The third-order valence-electron chi connectivity index (χ3n) is 6.85. The lowest BCUT2D eigenvalue weighted by Crippen LogP contribution is -2.52. The van der Waals surface area contributed by atoms with E-state index in [4.69, 9.17) is 0 Å². The molecule has 1 aromatic rings. The van der Waals surface area contributed by atoms with Gasteiger partial charge in [0.15, 0.2) is 0 Å². The average molecular weight is 382 g/mol. The third kappa shape index (κ3) is 3.02. The van der Waals surface area contributed by atoms with Gasteiger partial charge in [0.1, 0.15) is 6.04 Å². The molecule has 1 aromatic carbocycles. The fourth-order valence-corrected chi connectivity index (χ4v) is 5.34. The molecule has 1 saturated carbocycles. The van der Waals surface area contributed by atoms with Gasteiger partial charge >= 0.3 is 0 Å². The largest absolute Gasteiger partial charge is 0.322 e. The van der Waals surface area contributed by atoms with Gasteiger partial charge in [0.05, 0.1) is 0 Å². The minimum Gasteiger partial charge on any atom is -0.322 e. The van der Waals surface area contributed by atoms with Crippen LogP contribution in [0.5, 0.6) is 0 Å². The molecule has 3 amide bonds. The zero-order chi connectivity index (χ0) is 19.3. The molecule has 0 spiro atoms. The van der Waals surface area contributed by atoms with Gasteiger partial charge in [0, 0.05) is 43.7 Å². The first-order chi connectivity index (χ1) is 13.6. The highest BCUT2D eigenvalue weighted by molar-refractivity contribution is 6.05. The number of imide groups is 1. The predicted octanol–water partition coefficient (Wildman–Crippen LogP) is 0.678. The first kappa shape index (κ1) is 17.8. The van der Waals surface area contributed by atoms with Crippen molar-refractivity contribution in [3.05, 3.63) is 34.9 Å². The average Bonchev–Trinajstić information content (AvgIpc) is 3.36. The molecule has 4 aliphatic rings. The van der Waals surface area contributed by atoms with Crippen molar-refractivity contribution in [1.29, 1.82) is 0 Å². The highest BCUT2D eigenvalue weighted by atomic mass is 16.2. The van der Waals surface area contributed by atoms with Gasteiger partial charge in [-0.1, -0.05) is 18.6 Å². The molecule has 0 bridgehead atoms. The maximum Gasteiger partial charge on any atom is 0.255 e. The fraction of sp³-hybridized carbons (Fsp3) is 0.571. The highest BCUT2D eigenvalue weighted by Gasteiger charge is 2.40. The maximum absolute atomic E-state index is 12.9. The fourth-order valence-electron chi connectivity index (χ4n) is 5.34. The Hall–Kier alpha value is -2.25. The molecule has 4 unspecified atom stereocenters. The van der Waals surface area contributed by atoms with Crippen LogP contribution in [0, 0.1) is 5.92 Å². The second-order valence-corrected chi connectivity index (χ2v) is 8.49.